The second-order valence-electron chi connectivity index (χ2n) is 6.58. The molecule has 0 saturated heterocycles. The van der Waals surface area contributed by atoms with Crippen molar-refractivity contribution in [1.82, 2.24) is 19.1 Å². The summed E-state index contributed by atoms with van der Waals surface area (Å²) in [6.45, 7) is 3.44. The molecular weight excluding hydrogens is 310 g/mol. The predicted molar refractivity (Wildman–Crippen MR) is 92.4 cm³/mol. The van der Waals surface area contributed by atoms with E-state index < -0.39 is 11.2 Å². The van der Waals surface area contributed by atoms with Crippen molar-refractivity contribution in [3.05, 3.63) is 20.8 Å². The second-order valence-corrected chi connectivity index (χ2v) is 6.58. The standard InChI is InChI=1S/C16H25N5O3/c1-10-6-4-5-7-11(10)24-9-8-17-15-18-13-12(20(15)2)14(22)19-16(23)21(13)3/h10-11H,4-9H2,1-3H3,(H,17,18)(H,19,22,23)/t10-,11-/m0/s1. The Kier molecular flexibility index (Phi) is 4.75. The van der Waals surface area contributed by atoms with Crippen molar-refractivity contribution in [2.24, 2.45) is 20.0 Å². The number of imidazole rings is 1. The van der Waals surface area contributed by atoms with Crippen LogP contribution in [-0.4, -0.2) is 38.4 Å². The lowest BCUT2D eigenvalue weighted by atomic mass is 9.88. The zero-order valence-electron chi connectivity index (χ0n) is 14.5. The van der Waals surface area contributed by atoms with Crippen LogP contribution in [-0.2, 0) is 18.8 Å². The molecule has 8 nitrogen and oxygen atoms in total. The molecule has 2 heterocycles. The van der Waals surface area contributed by atoms with Crippen molar-refractivity contribution < 1.29 is 4.74 Å². The highest BCUT2D eigenvalue weighted by Gasteiger charge is 2.21. The molecule has 0 amide bonds. The van der Waals surface area contributed by atoms with E-state index in [1.165, 1.54) is 23.8 Å². The number of nitrogens with one attached hydrogen (secondary N) is 2. The Labute approximate surface area is 139 Å². The number of aromatic amines is 1. The number of H-pyrrole nitrogens is 1. The normalized spacial score (nSPS) is 21.3. The Balaban J connectivity index is 1.67. The quantitative estimate of drug-likeness (QED) is 0.794. The van der Waals surface area contributed by atoms with Gasteiger partial charge in [-0.05, 0) is 18.8 Å². The molecule has 0 spiro atoms. The molecule has 0 bridgehead atoms. The van der Waals surface area contributed by atoms with E-state index in [0.717, 1.165) is 6.42 Å². The van der Waals surface area contributed by atoms with E-state index in [4.69, 9.17) is 4.74 Å². The summed E-state index contributed by atoms with van der Waals surface area (Å²) in [6.07, 6.45) is 5.24. The lowest BCUT2D eigenvalue weighted by Gasteiger charge is -2.28. The Morgan fingerprint density at radius 1 is 1.25 bits per heavy atom. The van der Waals surface area contributed by atoms with Gasteiger partial charge in [-0.2, -0.15) is 4.98 Å². The van der Waals surface area contributed by atoms with E-state index in [2.05, 4.69) is 22.2 Å². The number of rotatable bonds is 5. The van der Waals surface area contributed by atoms with Gasteiger partial charge in [0.15, 0.2) is 11.2 Å². The number of fused-ring (bicyclic) bond motifs is 1. The lowest BCUT2D eigenvalue weighted by Crippen LogP contribution is -2.29. The molecule has 8 heteroatoms. The summed E-state index contributed by atoms with van der Waals surface area (Å²) < 4.78 is 8.97. The van der Waals surface area contributed by atoms with E-state index in [9.17, 15) is 9.59 Å². The molecule has 24 heavy (non-hydrogen) atoms. The lowest BCUT2D eigenvalue weighted by molar-refractivity contribution is 0.000342. The minimum atomic E-state index is -0.466. The summed E-state index contributed by atoms with van der Waals surface area (Å²) in [5.74, 6) is 1.17. The number of aryl methyl sites for hydroxylation is 2. The highest BCUT2D eigenvalue weighted by Crippen LogP contribution is 2.26. The molecule has 1 aliphatic carbocycles. The maximum atomic E-state index is 12.0. The van der Waals surface area contributed by atoms with Gasteiger partial charge in [0.2, 0.25) is 5.95 Å². The topological polar surface area (TPSA) is 93.9 Å². The van der Waals surface area contributed by atoms with Crippen LogP contribution in [0.15, 0.2) is 9.59 Å². The summed E-state index contributed by atoms with van der Waals surface area (Å²) in [7, 11) is 3.34. The van der Waals surface area contributed by atoms with Gasteiger partial charge in [-0.15, -0.1) is 0 Å². The van der Waals surface area contributed by atoms with Crippen LogP contribution < -0.4 is 16.6 Å². The SMILES string of the molecule is C[C@H]1CCCC[C@@H]1OCCNc1nc2c(c(=O)[nH]c(=O)n2C)n1C. The number of nitrogens with zero attached hydrogens (tertiary/aromatic N) is 3. The maximum Gasteiger partial charge on any atom is 0.329 e. The van der Waals surface area contributed by atoms with Gasteiger partial charge in [-0.3, -0.25) is 14.3 Å². The van der Waals surface area contributed by atoms with Gasteiger partial charge in [-0.1, -0.05) is 19.8 Å². The monoisotopic (exact) mass is 335 g/mol. The smallest absolute Gasteiger partial charge is 0.329 e. The molecule has 2 aromatic rings. The Morgan fingerprint density at radius 2 is 2.00 bits per heavy atom. The van der Waals surface area contributed by atoms with Gasteiger partial charge in [0.05, 0.1) is 12.7 Å². The number of anilines is 1. The van der Waals surface area contributed by atoms with Crippen molar-refractivity contribution in [3.8, 4) is 0 Å². The Bertz CT molecular complexity index is 835. The summed E-state index contributed by atoms with van der Waals surface area (Å²) in [5, 5.41) is 3.19. The fraction of sp³-hybridized carbons (Fsp3) is 0.688. The van der Waals surface area contributed by atoms with Crippen LogP contribution >= 0.6 is 0 Å². The first-order chi connectivity index (χ1) is 11.5. The Morgan fingerprint density at radius 3 is 2.75 bits per heavy atom. The average Bonchev–Trinajstić information content (AvgIpc) is 2.88. The summed E-state index contributed by atoms with van der Waals surface area (Å²) in [4.78, 5) is 30.3. The van der Waals surface area contributed by atoms with Gasteiger partial charge in [0.25, 0.3) is 5.56 Å². The number of aromatic nitrogens is 4. The number of hydrogen-bond acceptors (Lipinski definition) is 5. The highest BCUT2D eigenvalue weighted by atomic mass is 16.5. The molecule has 2 atom stereocenters. The zero-order valence-corrected chi connectivity index (χ0v) is 14.5. The van der Waals surface area contributed by atoms with E-state index in [1.807, 2.05) is 0 Å². The third kappa shape index (κ3) is 3.10. The van der Waals surface area contributed by atoms with Gasteiger partial charge < -0.3 is 14.6 Å². The van der Waals surface area contributed by atoms with Gasteiger partial charge in [0, 0.05) is 20.6 Å². The molecule has 1 saturated carbocycles. The van der Waals surface area contributed by atoms with Gasteiger partial charge in [0.1, 0.15) is 0 Å². The molecule has 3 rings (SSSR count). The molecule has 0 aliphatic heterocycles. The minimum absolute atomic E-state index is 0.338. The third-order valence-corrected chi connectivity index (χ3v) is 4.88. The van der Waals surface area contributed by atoms with Crippen LogP contribution in [0.25, 0.3) is 11.2 Å². The highest BCUT2D eigenvalue weighted by molar-refractivity contribution is 5.73. The average molecular weight is 335 g/mol. The van der Waals surface area contributed by atoms with Gasteiger partial charge in [-0.25, -0.2) is 4.79 Å². The summed E-state index contributed by atoms with van der Waals surface area (Å²) in [6, 6.07) is 0. The van der Waals surface area contributed by atoms with E-state index in [-0.39, 0.29) is 0 Å². The summed E-state index contributed by atoms with van der Waals surface area (Å²) in [5.41, 5.74) is -0.146. The van der Waals surface area contributed by atoms with E-state index in [1.54, 1.807) is 18.7 Å². The minimum Gasteiger partial charge on any atom is -0.376 e. The molecule has 0 unspecified atom stereocenters. The number of ether oxygens (including phenoxy) is 1. The molecular formula is C16H25N5O3. The summed E-state index contributed by atoms with van der Waals surface area (Å²) >= 11 is 0. The first-order valence-corrected chi connectivity index (χ1v) is 8.50. The maximum absolute atomic E-state index is 12.0. The van der Waals surface area contributed by atoms with Crippen molar-refractivity contribution in [2.75, 3.05) is 18.5 Å². The van der Waals surface area contributed by atoms with Crippen LogP contribution in [0.5, 0.6) is 0 Å². The van der Waals surface area contributed by atoms with E-state index >= 15 is 0 Å². The van der Waals surface area contributed by atoms with E-state index in [0.29, 0.717) is 42.3 Å². The number of hydrogen-bond donors (Lipinski definition) is 2. The molecule has 1 aliphatic rings. The van der Waals surface area contributed by atoms with Crippen molar-refractivity contribution >= 4 is 17.1 Å². The van der Waals surface area contributed by atoms with Crippen LogP contribution in [0.4, 0.5) is 5.95 Å². The fourth-order valence-corrected chi connectivity index (χ4v) is 3.37. The predicted octanol–water partition coefficient (Wildman–Crippen LogP) is 0.968. The largest absolute Gasteiger partial charge is 0.376 e. The van der Waals surface area contributed by atoms with Crippen LogP contribution in [0.2, 0.25) is 0 Å². The van der Waals surface area contributed by atoms with Crippen molar-refractivity contribution in [3.63, 3.8) is 0 Å². The van der Waals surface area contributed by atoms with Crippen LogP contribution in [0.3, 0.4) is 0 Å². The first kappa shape index (κ1) is 16.8. The molecule has 1 fully saturated rings. The molecule has 2 aromatic heterocycles. The van der Waals surface area contributed by atoms with Crippen molar-refractivity contribution in [1.29, 1.82) is 0 Å². The Hall–Kier alpha value is -2.09. The third-order valence-electron chi connectivity index (χ3n) is 4.88. The van der Waals surface area contributed by atoms with Crippen LogP contribution in [0, 0.1) is 5.92 Å². The fourth-order valence-electron chi connectivity index (χ4n) is 3.37. The first-order valence-electron chi connectivity index (χ1n) is 8.50. The molecule has 2 N–H and O–H groups in total. The molecule has 132 valence electrons. The second kappa shape index (κ2) is 6.80. The zero-order chi connectivity index (χ0) is 17.3. The van der Waals surface area contributed by atoms with Crippen LogP contribution in [0.1, 0.15) is 32.6 Å². The molecule has 0 radical (unpaired) electrons. The molecule has 0 aromatic carbocycles. The van der Waals surface area contributed by atoms with Gasteiger partial charge >= 0.3 is 5.69 Å². The van der Waals surface area contributed by atoms with Crippen molar-refractivity contribution in [2.45, 2.75) is 38.7 Å².